The van der Waals surface area contributed by atoms with Gasteiger partial charge in [0.05, 0.1) is 0 Å². The Balaban J connectivity index is 2.23. The molecule has 2 heterocycles. The molecule has 2 rings (SSSR count). The highest BCUT2D eigenvalue weighted by Crippen LogP contribution is 2.24. The fourth-order valence-corrected chi connectivity index (χ4v) is 2.67. The van der Waals surface area contributed by atoms with Gasteiger partial charge in [0.15, 0.2) is 0 Å². The van der Waals surface area contributed by atoms with Crippen LogP contribution in [-0.2, 0) is 0 Å². The van der Waals surface area contributed by atoms with Crippen molar-refractivity contribution in [1.82, 2.24) is 9.88 Å². The molecule has 1 amide bonds. The number of carbonyl (C=O) groups excluding carboxylic acids is 1. The van der Waals surface area contributed by atoms with E-state index in [-0.39, 0.29) is 5.91 Å². The number of likely N-dealkylation sites (tertiary alicyclic amines) is 1. The zero-order chi connectivity index (χ0) is 13.1. The fourth-order valence-electron chi connectivity index (χ4n) is 2.67. The Morgan fingerprint density at radius 3 is 2.67 bits per heavy atom. The Bertz CT molecular complexity index is 423. The first-order chi connectivity index (χ1) is 8.63. The molecule has 1 aromatic rings. The minimum atomic E-state index is 0.119. The van der Waals surface area contributed by atoms with Gasteiger partial charge >= 0.3 is 0 Å². The van der Waals surface area contributed by atoms with Gasteiger partial charge in [0, 0.05) is 30.9 Å². The predicted molar refractivity (Wildman–Crippen MR) is 72.7 cm³/mol. The van der Waals surface area contributed by atoms with Crippen molar-refractivity contribution in [3.8, 4) is 0 Å². The summed E-state index contributed by atoms with van der Waals surface area (Å²) in [6, 6.07) is 4.26. The van der Waals surface area contributed by atoms with Gasteiger partial charge in [0.2, 0.25) is 0 Å². The molecule has 1 aliphatic rings. The van der Waals surface area contributed by atoms with E-state index in [9.17, 15) is 4.79 Å². The van der Waals surface area contributed by atoms with Crippen LogP contribution in [0.5, 0.6) is 0 Å². The summed E-state index contributed by atoms with van der Waals surface area (Å²) >= 11 is 0. The Morgan fingerprint density at radius 1 is 1.39 bits per heavy atom. The second-order valence-corrected chi connectivity index (χ2v) is 5.02. The van der Waals surface area contributed by atoms with Gasteiger partial charge in [-0.1, -0.05) is 0 Å². The van der Waals surface area contributed by atoms with Crippen LogP contribution in [-0.4, -0.2) is 34.9 Å². The van der Waals surface area contributed by atoms with E-state index < -0.39 is 0 Å². The minimum Gasteiger partial charge on any atom is -0.373 e. The van der Waals surface area contributed by atoms with E-state index >= 15 is 0 Å². The van der Waals surface area contributed by atoms with Crippen LogP contribution in [0.4, 0.5) is 5.82 Å². The smallest absolute Gasteiger partial charge is 0.254 e. The summed E-state index contributed by atoms with van der Waals surface area (Å²) in [6.07, 6.45) is 5.09. The molecule has 2 atom stereocenters. The maximum Gasteiger partial charge on any atom is 0.254 e. The molecule has 4 nitrogen and oxygen atoms in total. The van der Waals surface area contributed by atoms with Gasteiger partial charge < -0.3 is 10.2 Å². The molecule has 0 aliphatic carbocycles. The number of nitrogens with one attached hydrogen (secondary N) is 1. The van der Waals surface area contributed by atoms with E-state index in [1.165, 1.54) is 6.42 Å². The molecule has 0 saturated carbocycles. The average molecular weight is 247 g/mol. The largest absolute Gasteiger partial charge is 0.373 e. The van der Waals surface area contributed by atoms with E-state index in [4.69, 9.17) is 0 Å². The zero-order valence-corrected chi connectivity index (χ0v) is 11.3. The molecule has 0 spiro atoms. The maximum atomic E-state index is 12.6. The lowest BCUT2D eigenvalue weighted by atomic mass is 9.96. The number of rotatable bonds is 2. The van der Waals surface area contributed by atoms with Crippen molar-refractivity contribution in [3.05, 3.63) is 23.9 Å². The second kappa shape index (κ2) is 5.38. The molecule has 1 N–H and O–H groups in total. The van der Waals surface area contributed by atoms with Crippen LogP contribution in [0.25, 0.3) is 0 Å². The Labute approximate surface area is 108 Å². The lowest BCUT2D eigenvalue weighted by Crippen LogP contribution is -2.47. The highest BCUT2D eigenvalue weighted by Gasteiger charge is 2.29. The predicted octanol–water partition coefficient (Wildman–Crippen LogP) is 2.53. The Kier molecular flexibility index (Phi) is 3.84. The number of hydrogen-bond donors (Lipinski definition) is 1. The standard InChI is InChI=1S/C14H21N3O/c1-10-5-4-6-11(2)17(10)14(18)12-7-8-16-13(9-12)15-3/h7-11H,4-6H2,1-3H3,(H,15,16)/t10-,11+. The molecule has 1 saturated heterocycles. The fraction of sp³-hybridized carbons (Fsp3) is 0.571. The first-order valence-electron chi connectivity index (χ1n) is 6.60. The molecule has 4 heteroatoms. The van der Waals surface area contributed by atoms with E-state index in [1.54, 1.807) is 12.3 Å². The minimum absolute atomic E-state index is 0.119. The highest BCUT2D eigenvalue weighted by molar-refractivity contribution is 5.95. The van der Waals surface area contributed by atoms with Crippen LogP contribution in [0.3, 0.4) is 0 Å². The Hall–Kier alpha value is -1.58. The summed E-state index contributed by atoms with van der Waals surface area (Å²) in [7, 11) is 1.81. The molecule has 0 bridgehead atoms. The van der Waals surface area contributed by atoms with Crippen molar-refractivity contribution < 1.29 is 4.79 Å². The van der Waals surface area contributed by atoms with Crippen LogP contribution < -0.4 is 5.32 Å². The number of pyridine rings is 1. The van der Waals surface area contributed by atoms with Gasteiger partial charge in [0.1, 0.15) is 5.82 Å². The summed E-state index contributed by atoms with van der Waals surface area (Å²) in [5, 5.41) is 2.97. The number of carbonyl (C=O) groups is 1. The summed E-state index contributed by atoms with van der Waals surface area (Å²) in [6.45, 7) is 4.27. The van der Waals surface area contributed by atoms with Gasteiger partial charge in [-0.3, -0.25) is 4.79 Å². The quantitative estimate of drug-likeness (QED) is 0.873. The lowest BCUT2D eigenvalue weighted by Gasteiger charge is -2.39. The number of aromatic nitrogens is 1. The van der Waals surface area contributed by atoms with Crippen molar-refractivity contribution in [2.75, 3.05) is 12.4 Å². The number of piperidine rings is 1. The third-order valence-electron chi connectivity index (χ3n) is 3.69. The van der Waals surface area contributed by atoms with Crippen molar-refractivity contribution in [2.24, 2.45) is 0 Å². The first-order valence-corrected chi connectivity index (χ1v) is 6.60. The van der Waals surface area contributed by atoms with Crippen LogP contribution >= 0.6 is 0 Å². The Morgan fingerprint density at radius 2 is 2.06 bits per heavy atom. The van der Waals surface area contributed by atoms with E-state index in [1.807, 2.05) is 18.0 Å². The lowest BCUT2D eigenvalue weighted by molar-refractivity contribution is 0.0510. The van der Waals surface area contributed by atoms with Gasteiger partial charge in [-0.25, -0.2) is 4.98 Å². The zero-order valence-electron chi connectivity index (χ0n) is 11.3. The summed E-state index contributed by atoms with van der Waals surface area (Å²) in [5.74, 6) is 0.853. The van der Waals surface area contributed by atoms with E-state index in [0.29, 0.717) is 12.1 Å². The molecular formula is C14H21N3O. The molecule has 0 unspecified atom stereocenters. The second-order valence-electron chi connectivity index (χ2n) is 5.02. The molecule has 1 aliphatic heterocycles. The monoisotopic (exact) mass is 247 g/mol. The van der Waals surface area contributed by atoms with Crippen LogP contribution in [0.1, 0.15) is 43.5 Å². The molecular weight excluding hydrogens is 226 g/mol. The molecule has 98 valence electrons. The summed E-state index contributed by atoms with van der Waals surface area (Å²) in [4.78, 5) is 18.7. The summed E-state index contributed by atoms with van der Waals surface area (Å²) in [5.41, 5.74) is 0.718. The third kappa shape index (κ3) is 2.47. The molecule has 1 fully saturated rings. The van der Waals surface area contributed by atoms with Crippen LogP contribution in [0.15, 0.2) is 18.3 Å². The number of hydrogen-bond acceptors (Lipinski definition) is 3. The molecule has 0 aromatic carbocycles. The van der Waals surface area contributed by atoms with Gasteiger partial charge in [-0.15, -0.1) is 0 Å². The molecule has 1 aromatic heterocycles. The highest BCUT2D eigenvalue weighted by atomic mass is 16.2. The van der Waals surface area contributed by atoms with E-state index in [2.05, 4.69) is 24.1 Å². The van der Waals surface area contributed by atoms with Gasteiger partial charge in [0.25, 0.3) is 5.91 Å². The third-order valence-corrected chi connectivity index (χ3v) is 3.69. The van der Waals surface area contributed by atoms with Gasteiger partial charge in [-0.2, -0.15) is 0 Å². The van der Waals surface area contributed by atoms with Crippen molar-refractivity contribution >= 4 is 11.7 Å². The van der Waals surface area contributed by atoms with Crippen LogP contribution in [0, 0.1) is 0 Å². The number of anilines is 1. The number of amides is 1. The van der Waals surface area contributed by atoms with Crippen molar-refractivity contribution in [2.45, 2.75) is 45.2 Å². The van der Waals surface area contributed by atoms with Crippen molar-refractivity contribution in [1.29, 1.82) is 0 Å². The van der Waals surface area contributed by atoms with Crippen molar-refractivity contribution in [3.63, 3.8) is 0 Å². The molecule has 18 heavy (non-hydrogen) atoms. The number of nitrogens with zero attached hydrogens (tertiary/aromatic N) is 2. The summed E-state index contributed by atoms with van der Waals surface area (Å²) < 4.78 is 0. The first kappa shape index (κ1) is 12.9. The SMILES string of the molecule is CNc1cc(C(=O)N2[C@H](C)CCC[C@@H]2C)ccn1. The normalized spacial score (nSPS) is 23.8. The molecule has 0 radical (unpaired) electrons. The van der Waals surface area contributed by atoms with Crippen LogP contribution in [0.2, 0.25) is 0 Å². The topological polar surface area (TPSA) is 45.2 Å². The van der Waals surface area contributed by atoms with E-state index in [0.717, 1.165) is 24.2 Å². The van der Waals surface area contributed by atoms with Gasteiger partial charge in [-0.05, 0) is 45.2 Å². The maximum absolute atomic E-state index is 12.6. The average Bonchev–Trinajstić information content (AvgIpc) is 2.38.